The van der Waals surface area contributed by atoms with Gasteiger partial charge in [-0.1, -0.05) is 54.6 Å². The predicted octanol–water partition coefficient (Wildman–Crippen LogP) is 5.75. The highest BCUT2D eigenvalue weighted by molar-refractivity contribution is 6.10. The summed E-state index contributed by atoms with van der Waals surface area (Å²) in [5, 5.41) is 0. The molecule has 0 aliphatic rings. The Bertz CT molecular complexity index is 1470. The third-order valence-electron chi connectivity index (χ3n) is 5.54. The first kappa shape index (κ1) is 26.7. The van der Waals surface area contributed by atoms with Crippen LogP contribution in [-0.4, -0.2) is 29.5 Å². The van der Waals surface area contributed by atoms with Crippen LogP contribution < -0.4 is 14.2 Å². The van der Waals surface area contributed by atoms with E-state index >= 15 is 0 Å². The van der Waals surface area contributed by atoms with E-state index in [4.69, 9.17) is 14.2 Å². The van der Waals surface area contributed by atoms with E-state index in [9.17, 15) is 24.0 Å². The second-order valence-electron chi connectivity index (χ2n) is 8.33. The first-order valence-corrected chi connectivity index (χ1v) is 11.8. The molecule has 0 aromatic heterocycles. The van der Waals surface area contributed by atoms with Gasteiger partial charge < -0.3 is 14.2 Å². The number of carbonyl (C=O) groups excluding carboxylic acids is 5. The maximum Gasteiger partial charge on any atom is 0.343 e. The first-order valence-electron chi connectivity index (χ1n) is 11.8. The standard InChI is InChI=1S/C31H22O8/c1-19(32)26-24(37-29(34)21-12-6-3-7-13-21)18-25(38-30(35)22-14-8-4-9-15-22)27(20(2)33)28(26)39-31(36)23-16-10-5-11-17-23/h3-18H,1-2H3. The van der Waals surface area contributed by atoms with E-state index in [-0.39, 0.29) is 39.3 Å². The van der Waals surface area contributed by atoms with Crippen molar-refractivity contribution in [3.63, 3.8) is 0 Å². The quantitative estimate of drug-likeness (QED) is 0.163. The number of esters is 3. The number of Topliss-reactive ketones (excluding diaryl/α,β-unsaturated/α-hetero) is 2. The van der Waals surface area contributed by atoms with E-state index in [1.807, 2.05) is 0 Å². The lowest BCUT2D eigenvalue weighted by molar-refractivity contribution is 0.0725. The summed E-state index contributed by atoms with van der Waals surface area (Å²) in [4.78, 5) is 64.5. The minimum absolute atomic E-state index is 0.135. The molecule has 0 heterocycles. The molecular weight excluding hydrogens is 500 g/mol. The van der Waals surface area contributed by atoms with E-state index in [2.05, 4.69) is 0 Å². The molecule has 0 saturated heterocycles. The summed E-state index contributed by atoms with van der Waals surface area (Å²) in [6.45, 7) is 2.32. The second kappa shape index (κ2) is 11.8. The molecule has 194 valence electrons. The van der Waals surface area contributed by atoms with Crippen LogP contribution in [0.5, 0.6) is 17.2 Å². The van der Waals surface area contributed by atoms with Crippen LogP contribution in [0.2, 0.25) is 0 Å². The summed E-state index contributed by atoms with van der Waals surface area (Å²) in [6.07, 6.45) is 0. The molecule has 0 amide bonds. The Balaban J connectivity index is 1.89. The van der Waals surface area contributed by atoms with Gasteiger partial charge in [0.1, 0.15) is 22.6 Å². The van der Waals surface area contributed by atoms with Crippen molar-refractivity contribution in [2.24, 2.45) is 0 Å². The fraction of sp³-hybridized carbons (Fsp3) is 0.0645. The van der Waals surface area contributed by atoms with E-state index < -0.39 is 35.2 Å². The molecule has 4 rings (SSSR count). The molecule has 0 aliphatic heterocycles. The molecule has 0 unspecified atom stereocenters. The lowest BCUT2D eigenvalue weighted by Gasteiger charge is -2.19. The van der Waals surface area contributed by atoms with Gasteiger partial charge in [-0.3, -0.25) is 9.59 Å². The van der Waals surface area contributed by atoms with Crippen molar-refractivity contribution in [2.45, 2.75) is 13.8 Å². The van der Waals surface area contributed by atoms with E-state index in [1.54, 1.807) is 54.6 Å². The van der Waals surface area contributed by atoms with Gasteiger partial charge in [0.25, 0.3) is 0 Å². The van der Waals surface area contributed by atoms with Gasteiger partial charge in [-0.05, 0) is 50.2 Å². The van der Waals surface area contributed by atoms with E-state index in [0.29, 0.717) is 0 Å². The van der Waals surface area contributed by atoms with Crippen molar-refractivity contribution in [2.75, 3.05) is 0 Å². The first-order chi connectivity index (χ1) is 18.8. The number of rotatable bonds is 8. The fourth-order valence-electron chi connectivity index (χ4n) is 3.73. The highest BCUT2D eigenvalue weighted by atomic mass is 16.6. The van der Waals surface area contributed by atoms with Crippen LogP contribution >= 0.6 is 0 Å². The summed E-state index contributed by atoms with van der Waals surface area (Å²) >= 11 is 0. The van der Waals surface area contributed by atoms with Crippen molar-refractivity contribution in [1.29, 1.82) is 0 Å². The van der Waals surface area contributed by atoms with Crippen LogP contribution in [0.1, 0.15) is 65.6 Å². The summed E-state index contributed by atoms with van der Waals surface area (Å²) in [7, 11) is 0. The molecule has 0 aliphatic carbocycles. The number of benzene rings is 4. The molecule has 0 radical (unpaired) electrons. The number of hydrogen-bond acceptors (Lipinski definition) is 8. The Morgan fingerprint density at radius 1 is 0.462 bits per heavy atom. The van der Waals surface area contributed by atoms with Crippen molar-refractivity contribution >= 4 is 29.5 Å². The SMILES string of the molecule is CC(=O)c1c(OC(=O)c2ccccc2)cc(OC(=O)c2ccccc2)c(C(C)=O)c1OC(=O)c1ccccc1. The average Bonchev–Trinajstić information content (AvgIpc) is 2.94. The second-order valence-corrected chi connectivity index (χ2v) is 8.33. The van der Waals surface area contributed by atoms with Crippen LogP contribution in [0, 0.1) is 0 Å². The zero-order chi connectivity index (χ0) is 27.9. The molecule has 4 aromatic carbocycles. The minimum atomic E-state index is -0.882. The molecule has 0 bridgehead atoms. The van der Waals surface area contributed by atoms with Gasteiger partial charge in [0, 0.05) is 6.07 Å². The Morgan fingerprint density at radius 3 is 1.08 bits per heavy atom. The summed E-state index contributed by atoms with van der Waals surface area (Å²) in [6, 6.07) is 24.9. The number of carbonyl (C=O) groups is 5. The smallest absolute Gasteiger partial charge is 0.343 e. The molecule has 0 N–H and O–H groups in total. The highest BCUT2D eigenvalue weighted by Crippen LogP contribution is 2.41. The van der Waals surface area contributed by atoms with Gasteiger partial charge in [0.05, 0.1) is 16.7 Å². The van der Waals surface area contributed by atoms with Gasteiger partial charge in [0.15, 0.2) is 17.3 Å². The van der Waals surface area contributed by atoms with Crippen LogP contribution in [0.15, 0.2) is 97.1 Å². The maximum atomic E-state index is 13.0. The Kier molecular flexibility index (Phi) is 8.06. The fourth-order valence-corrected chi connectivity index (χ4v) is 3.73. The predicted molar refractivity (Wildman–Crippen MR) is 141 cm³/mol. The third-order valence-corrected chi connectivity index (χ3v) is 5.54. The Labute approximate surface area is 223 Å². The molecule has 0 saturated carbocycles. The Hall–Kier alpha value is -5.37. The van der Waals surface area contributed by atoms with Gasteiger partial charge >= 0.3 is 17.9 Å². The lowest BCUT2D eigenvalue weighted by Crippen LogP contribution is -2.19. The molecular formula is C31H22O8. The third kappa shape index (κ3) is 6.14. The minimum Gasteiger partial charge on any atom is -0.422 e. The number of hydrogen-bond donors (Lipinski definition) is 0. The largest absolute Gasteiger partial charge is 0.422 e. The van der Waals surface area contributed by atoms with Gasteiger partial charge in [0.2, 0.25) is 0 Å². The van der Waals surface area contributed by atoms with Crippen LogP contribution in [0.4, 0.5) is 0 Å². The van der Waals surface area contributed by atoms with Crippen molar-refractivity contribution in [1.82, 2.24) is 0 Å². The van der Waals surface area contributed by atoms with Crippen molar-refractivity contribution in [3.8, 4) is 17.2 Å². The molecule has 0 atom stereocenters. The number of ketones is 2. The molecule has 8 nitrogen and oxygen atoms in total. The van der Waals surface area contributed by atoms with Crippen molar-refractivity contribution in [3.05, 3.63) is 125 Å². The summed E-state index contributed by atoms with van der Waals surface area (Å²) < 4.78 is 16.6. The average molecular weight is 523 g/mol. The maximum absolute atomic E-state index is 13.0. The normalized spacial score (nSPS) is 10.3. The monoisotopic (exact) mass is 522 g/mol. The zero-order valence-corrected chi connectivity index (χ0v) is 21.0. The van der Waals surface area contributed by atoms with Gasteiger partial charge in [-0.25, -0.2) is 14.4 Å². The zero-order valence-electron chi connectivity index (χ0n) is 21.0. The van der Waals surface area contributed by atoms with Gasteiger partial charge in [-0.2, -0.15) is 0 Å². The topological polar surface area (TPSA) is 113 Å². The van der Waals surface area contributed by atoms with Crippen LogP contribution in [-0.2, 0) is 0 Å². The molecule has 4 aromatic rings. The molecule has 0 spiro atoms. The number of ether oxygens (including phenoxy) is 3. The summed E-state index contributed by atoms with van der Waals surface area (Å²) in [5.41, 5.74) is -0.195. The van der Waals surface area contributed by atoms with Crippen LogP contribution in [0.25, 0.3) is 0 Å². The molecule has 39 heavy (non-hydrogen) atoms. The summed E-state index contributed by atoms with van der Waals surface area (Å²) in [5.74, 6) is -5.05. The van der Waals surface area contributed by atoms with Gasteiger partial charge in [-0.15, -0.1) is 0 Å². The van der Waals surface area contributed by atoms with Crippen molar-refractivity contribution < 1.29 is 38.2 Å². The Morgan fingerprint density at radius 2 is 0.769 bits per heavy atom. The highest BCUT2D eigenvalue weighted by Gasteiger charge is 2.31. The van der Waals surface area contributed by atoms with Crippen LogP contribution in [0.3, 0.4) is 0 Å². The van der Waals surface area contributed by atoms with E-state index in [1.165, 1.54) is 36.4 Å². The van der Waals surface area contributed by atoms with E-state index in [0.717, 1.165) is 19.9 Å². The molecule has 0 fully saturated rings. The lowest BCUT2D eigenvalue weighted by atomic mass is 10.0. The molecule has 8 heteroatoms.